The van der Waals surface area contributed by atoms with Crippen molar-refractivity contribution in [2.45, 2.75) is 32.1 Å². The van der Waals surface area contributed by atoms with Crippen LogP contribution in [0.2, 0.25) is 0 Å². The van der Waals surface area contributed by atoms with Crippen molar-refractivity contribution in [2.24, 2.45) is 0 Å². The number of sulfonamides is 1. The van der Waals surface area contributed by atoms with E-state index in [-0.39, 0.29) is 16.7 Å². The second kappa shape index (κ2) is 8.71. The summed E-state index contributed by atoms with van der Waals surface area (Å²) in [4.78, 5) is 26.1. The van der Waals surface area contributed by atoms with Gasteiger partial charge in [0.15, 0.2) is 0 Å². The molecule has 0 saturated carbocycles. The zero-order valence-corrected chi connectivity index (χ0v) is 19.5. The smallest absolute Gasteiger partial charge is 0.261 e. The van der Waals surface area contributed by atoms with Crippen LogP contribution in [0, 0.1) is 13.8 Å². The molecule has 2 amide bonds. The number of nitrogens with one attached hydrogen (secondary N) is 2. The summed E-state index contributed by atoms with van der Waals surface area (Å²) in [6.07, 6.45) is 0.735. The zero-order valence-electron chi connectivity index (χ0n) is 18.7. The number of benzene rings is 3. The highest BCUT2D eigenvalue weighted by Crippen LogP contribution is 2.30. The van der Waals surface area contributed by atoms with Crippen LogP contribution in [0.3, 0.4) is 0 Å². The lowest BCUT2D eigenvalue weighted by atomic mass is 10.1. The third-order valence-corrected chi connectivity index (χ3v) is 7.20. The number of nitrogens with zero attached hydrogens (tertiary/aromatic N) is 1. The Hall–Kier alpha value is -3.65. The lowest BCUT2D eigenvalue weighted by molar-refractivity contribution is -0.116. The van der Waals surface area contributed by atoms with E-state index in [2.05, 4.69) is 10.0 Å². The molecule has 7 nitrogen and oxygen atoms in total. The maximum atomic E-state index is 12.7. The SMILES string of the molecule is CC(=O)N1CCc2cc(NC(=O)c3ccc(S(=O)(=O)Nc4ccc(C)c(C)c4)cc3)ccc21. The molecule has 3 aromatic carbocycles. The van der Waals surface area contributed by atoms with Crippen molar-refractivity contribution in [3.05, 3.63) is 82.9 Å². The van der Waals surface area contributed by atoms with Gasteiger partial charge in [0.1, 0.15) is 0 Å². The normalized spacial score (nSPS) is 12.9. The van der Waals surface area contributed by atoms with Crippen molar-refractivity contribution in [1.29, 1.82) is 0 Å². The molecule has 2 N–H and O–H groups in total. The van der Waals surface area contributed by atoms with E-state index in [0.29, 0.717) is 23.5 Å². The quantitative estimate of drug-likeness (QED) is 0.591. The Morgan fingerprint density at radius 3 is 2.24 bits per heavy atom. The summed E-state index contributed by atoms with van der Waals surface area (Å²) in [5.74, 6) is -0.352. The van der Waals surface area contributed by atoms with Crippen LogP contribution in [-0.4, -0.2) is 26.8 Å². The molecule has 0 bridgehead atoms. The number of carbonyl (C=O) groups excluding carboxylic acids is 2. The van der Waals surface area contributed by atoms with Gasteiger partial charge < -0.3 is 10.2 Å². The molecule has 33 heavy (non-hydrogen) atoms. The van der Waals surface area contributed by atoms with Crippen LogP contribution >= 0.6 is 0 Å². The van der Waals surface area contributed by atoms with Crippen LogP contribution in [0.15, 0.2) is 65.6 Å². The topological polar surface area (TPSA) is 95.6 Å². The largest absolute Gasteiger partial charge is 0.322 e. The predicted octanol–water partition coefficient (Wildman–Crippen LogP) is 4.27. The van der Waals surface area contributed by atoms with Crippen LogP contribution in [0.25, 0.3) is 0 Å². The van der Waals surface area contributed by atoms with E-state index in [1.807, 2.05) is 32.0 Å². The number of hydrogen-bond acceptors (Lipinski definition) is 4. The molecule has 4 rings (SSSR count). The molecule has 1 heterocycles. The molecule has 0 fully saturated rings. The van der Waals surface area contributed by atoms with E-state index in [4.69, 9.17) is 0 Å². The Morgan fingerprint density at radius 2 is 1.58 bits per heavy atom. The van der Waals surface area contributed by atoms with Crippen molar-refractivity contribution in [2.75, 3.05) is 21.5 Å². The fourth-order valence-corrected chi connectivity index (χ4v) is 4.86. The van der Waals surface area contributed by atoms with Crippen LogP contribution in [0.5, 0.6) is 0 Å². The fourth-order valence-electron chi connectivity index (χ4n) is 3.81. The minimum absolute atomic E-state index is 0.00687. The summed E-state index contributed by atoms with van der Waals surface area (Å²) in [6, 6.07) is 16.6. The lowest BCUT2D eigenvalue weighted by Crippen LogP contribution is -2.25. The van der Waals surface area contributed by atoms with Gasteiger partial charge >= 0.3 is 0 Å². The van der Waals surface area contributed by atoms with Gasteiger partial charge in [-0.2, -0.15) is 0 Å². The van der Waals surface area contributed by atoms with E-state index in [0.717, 1.165) is 28.8 Å². The number of anilines is 3. The maximum absolute atomic E-state index is 12.7. The van der Waals surface area contributed by atoms with Gasteiger partial charge in [-0.05, 0) is 91.6 Å². The van der Waals surface area contributed by atoms with Crippen molar-refractivity contribution >= 4 is 38.9 Å². The van der Waals surface area contributed by atoms with Crippen molar-refractivity contribution in [3.8, 4) is 0 Å². The van der Waals surface area contributed by atoms with Gasteiger partial charge in [-0.25, -0.2) is 8.42 Å². The summed E-state index contributed by atoms with van der Waals surface area (Å²) in [6.45, 7) is 6.04. The Labute approximate surface area is 193 Å². The molecule has 8 heteroatoms. The highest BCUT2D eigenvalue weighted by Gasteiger charge is 2.22. The van der Waals surface area contributed by atoms with Gasteiger partial charge in [-0.3, -0.25) is 14.3 Å². The molecule has 3 aromatic rings. The summed E-state index contributed by atoms with van der Waals surface area (Å²) in [5, 5.41) is 2.83. The zero-order chi connectivity index (χ0) is 23.8. The molecule has 0 saturated heterocycles. The van der Waals surface area contributed by atoms with E-state index >= 15 is 0 Å². The molecule has 0 radical (unpaired) electrons. The molecule has 0 unspecified atom stereocenters. The molecule has 1 aliphatic heterocycles. The van der Waals surface area contributed by atoms with Gasteiger partial charge in [0, 0.05) is 36.1 Å². The lowest BCUT2D eigenvalue weighted by Gasteiger charge is -2.15. The fraction of sp³-hybridized carbons (Fsp3) is 0.200. The van der Waals surface area contributed by atoms with Gasteiger partial charge in [-0.15, -0.1) is 0 Å². The standard InChI is InChI=1S/C25H25N3O4S/c1-16-4-7-22(14-17(16)2)27-33(31,32)23-9-5-19(6-10-23)25(30)26-21-8-11-24-20(15-21)12-13-28(24)18(3)29/h4-11,14-15,27H,12-13H2,1-3H3,(H,26,30). The second-order valence-corrected chi connectivity index (χ2v) is 9.83. The maximum Gasteiger partial charge on any atom is 0.261 e. The minimum atomic E-state index is -3.78. The minimum Gasteiger partial charge on any atom is -0.322 e. The third kappa shape index (κ3) is 4.75. The molecule has 0 spiro atoms. The third-order valence-electron chi connectivity index (χ3n) is 5.80. The molecule has 0 aromatic heterocycles. The first kappa shape index (κ1) is 22.5. The van der Waals surface area contributed by atoms with Crippen molar-refractivity contribution < 1.29 is 18.0 Å². The van der Waals surface area contributed by atoms with Crippen LogP contribution in [0.1, 0.15) is 34.0 Å². The van der Waals surface area contributed by atoms with E-state index < -0.39 is 10.0 Å². The summed E-state index contributed by atoms with van der Waals surface area (Å²) in [5.41, 5.74) is 5.38. The average Bonchev–Trinajstić information content (AvgIpc) is 3.20. The first-order valence-electron chi connectivity index (χ1n) is 10.6. The van der Waals surface area contributed by atoms with Crippen molar-refractivity contribution in [3.63, 3.8) is 0 Å². The Balaban J connectivity index is 1.46. The molecular formula is C25H25N3O4S. The second-order valence-electron chi connectivity index (χ2n) is 8.15. The van der Waals surface area contributed by atoms with Gasteiger partial charge in [-0.1, -0.05) is 6.07 Å². The monoisotopic (exact) mass is 463 g/mol. The van der Waals surface area contributed by atoms with E-state index in [9.17, 15) is 18.0 Å². The first-order valence-corrected chi connectivity index (χ1v) is 12.0. The molecular weight excluding hydrogens is 438 g/mol. The summed E-state index contributed by atoms with van der Waals surface area (Å²) in [7, 11) is -3.78. The number of fused-ring (bicyclic) bond motifs is 1. The average molecular weight is 464 g/mol. The Bertz CT molecular complexity index is 1350. The molecule has 0 atom stereocenters. The Kier molecular flexibility index (Phi) is 5.95. The predicted molar refractivity (Wildman–Crippen MR) is 129 cm³/mol. The van der Waals surface area contributed by atoms with Gasteiger partial charge in [0.2, 0.25) is 5.91 Å². The van der Waals surface area contributed by atoms with Gasteiger partial charge in [0.25, 0.3) is 15.9 Å². The van der Waals surface area contributed by atoms with Gasteiger partial charge in [0.05, 0.1) is 4.90 Å². The number of carbonyl (C=O) groups is 2. The number of amides is 2. The summed E-state index contributed by atoms with van der Waals surface area (Å²) < 4.78 is 28.0. The highest BCUT2D eigenvalue weighted by atomic mass is 32.2. The van der Waals surface area contributed by atoms with Crippen molar-refractivity contribution in [1.82, 2.24) is 0 Å². The molecule has 170 valence electrons. The van der Waals surface area contributed by atoms with Crippen LogP contribution in [0.4, 0.5) is 17.1 Å². The van der Waals surface area contributed by atoms with Crippen LogP contribution < -0.4 is 14.9 Å². The Morgan fingerprint density at radius 1 is 0.879 bits per heavy atom. The van der Waals surface area contributed by atoms with E-state index in [1.54, 1.807) is 23.1 Å². The first-order chi connectivity index (χ1) is 15.6. The number of rotatable bonds is 5. The molecule has 0 aliphatic carbocycles. The van der Waals surface area contributed by atoms with E-state index in [1.165, 1.54) is 31.2 Å². The highest BCUT2D eigenvalue weighted by molar-refractivity contribution is 7.92. The van der Waals surface area contributed by atoms with Crippen LogP contribution in [-0.2, 0) is 21.2 Å². The summed E-state index contributed by atoms with van der Waals surface area (Å²) >= 11 is 0. The number of hydrogen-bond donors (Lipinski definition) is 2. The number of aryl methyl sites for hydroxylation is 2. The molecule has 1 aliphatic rings.